The van der Waals surface area contributed by atoms with Gasteiger partial charge in [-0.2, -0.15) is 0 Å². The average molecular weight is 656 g/mol. The van der Waals surface area contributed by atoms with Crippen molar-refractivity contribution in [2.45, 2.75) is 111 Å². The van der Waals surface area contributed by atoms with Crippen molar-refractivity contribution in [1.29, 1.82) is 0 Å². The highest BCUT2D eigenvalue weighted by Gasteiger charge is 2.62. The van der Waals surface area contributed by atoms with Crippen LogP contribution in [-0.4, -0.2) is 62.8 Å². The topological polar surface area (TPSA) is 120 Å². The quantitative estimate of drug-likeness (QED) is 0.0909. The van der Waals surface area contributed by atoms with E-state index >= 15 is 0 Å². The molecule has 0 amide bonds. The summed E-state index contributed by atoms with van der Waals surface area (Å²) in [6, 6.07) is 6.29. The summed E-state index contributed by atoms with van der Waals surface area (Å²) >= 11 is 0. The summed E-state index contributed by atoms with van der Waals surface area (Å²) in [6.45, 7) is 23.5. The summed E-state index contributed by atoms with van der Waals surface area (Å²) in [5.41, 5.74) is 1.16. The van der Waals surface area contributed by atoms with Crippen LogP contribution in [0.2, 0.25) is 18.1 Å². The first kappa shape index (κ1) is 35.7. The highest BCUT2D eigenvalue weighted by molar-refractivity contribution is 6.74. The number of hydrogen-bond donors (Lipinski definition) is 2. The molecule has 2 saturated carbocycles. The number of fused-ring (bicyclic) bond motifs is 1. The van der Waals surface area contributed by atoms with Gasteiger partial charge >= 0.3 is 17.9 Å². The van der Waals surface area contributed by atoms with E-state index in [9.17, 15) is 19.5 Å². The largest absolute Gasteiger partial charge is 0.508 e. The Morgan fingerprint density at radius 2 is 1.76 bits per heavy atom. The molecule has 1 aromatic rings. The molecule has 0 aromatic heterocycles. The summed E-state index contributed by atoms with van der Waals surface area (Å²) in [5, 5.41) is 13.4. The maximum absolute atomic E-state index is 12.9. The van der Waals surface area contributed by atoms with E-state index in [1.54, 1.807) is 24.3 Å². The predicted molar refractivity (Wildman–Crippen MR) is 180 cm³/mol. The Kier molecular flexibility index (Phi) is 10.2. The lowest BCUT2D eigenvalue weighted by atomic mass is 9.45. The second-order valence-electron chi connectivity index (χ2n) is 15.4. The second-order valence-corrected chi connectivity index (χ2v) is 20.3. The molecule has 0 bridgehead atoms. The molecule has 0 radical (unpaired) electrons. The number of phenols is 1. The number of esters is 3. The number of nitrogens with one attached hydrogen (secondary N) is 1. The van der Waals surface area contributed by atoms with Crippen LogP contribution in [0.15, 0.2) is 48.1 Å². The zero-order valence-electron chi connectivity index (χ0n) is 29.0. The summed E-state index contributed by atoms with van der Waals surface area (Å²) in [6.07, 6.45) is 3.29. The van der Waals surface area contributed by atoms with Crippen molar-refractivity contribution in [3.8, 4) is 5.75 Å². The minimum Gasteiger partial charge on any atom is -0.508 e. The van der Waals surface area contributed by atoms with E-state index in [0.717, 1.165) is 17.7 Å². The number of cyclic esters (lactones) is 1. The van der Waals surface area contributed by atoms with Crippen molar-refractivity contribution in [3.63, 3.8) is 0 Å². The maximum atomic E-state index is 12.9. The van der Waals surface area contributed by atoms with Crippen LogP contribution in [0.25, 0.3) is 0 Å². The lowest BCUT2D eigenvalue weighted by Gasteiger charge is -2.62. The standard InChI is InChI=1S/C36H53NO8Si/c1-22-28(19-29(27-16-18-42-33(27)41)37-25-11-13-26(40)14-12-25)35(7)17-15-32(45-24(3)39)36(8,21-43-46(9,10)34(4,5)6)31(35)20-30(22)44-23(2)38/h11-14,16,28-32,37,40H,1,15,17-21H2,2-10H3/t28-,29-,30+,31+,32-,35+,36+/m1/s1. The molecule has 2 aliphatic carbocycles. The summed E-state index contributed by atoms with van der Waals surface area (Å²) in [5.74, 6) is -1.19. The minimum absolute atomic E-state index is 0.0152. The van der Waals surface area contributed by atoms with E-state index in [4.69, 9.17) is 18.6 Å². The van der Waals surface area contributed by atoms with Gasteiger partial charge in [0.2, 0.25) is 0 Å². The molecule has 3 aliphatic rings. The van der Waals surface area contributed by atoms with Crippen LogP contribution in [-0.2, 0) is 33.0 Å². The van der Waals surface area contributed by atoms with Crippen LogP contribution in [0, 0.1) is 22.7 Å². The lowest BCUT2D eigenvalue weighted by Crippen LogP contribution is -2.62. The van der Waals surface area contributed by atoms with Gasteiger partial charge in [-0.05, 0) is 97.0 Å². The number of hydrogen-bond acceptors (Lipinski definition) is 9. The SMILES string of the molecule is C=C1[C@@H](OC(C)=O)C[C@@H]2[C@](C)(CO[Si](C)(C)C(C)(C)C)[C@H](OC(C)=O)CC[C@@]2(C)[C@@H]1C[C@@H](Nc1ccc(O)cc1)C1=CCOC1=O. The summed E-state index contributed by atoms with van der Waals surface area (Å²) < 4.78 is 24.3. The van der Waals surface area contributed by atoms with Crippen LogP contribution in [0.4, 0.5) is 5.69 Å². The van der Waals surface area contributed by atoms with Crippen LogP contribution in [0.3, 0.4) is 0 Å². The van der Waals surface area contributed by atoms with Crippen molar-refractivity contribution in [1.82, 2.24) is 0 Å². The molecular formula is C36H53NO8Si. The van der Waals surface area contributed by atoms with Crippen molar-refractivity contribution in [3.05, 3.63) is 48.1 Å². The second kappa shape index (κ2) is 13.2. The van der Waals surface area contributed by atoms with Gasteiger partial charge in [0.25, 0.3) is 0 Å². The van der Waals surface area contributed by atoms with E-state index in [1.165, 1.54) is 13.8 Å². The van der Waals surface area contributed by atoms with Gasteiger partial charge in [-0.3, -0.25) is 9.59 Å². The Balaban J connectivity index is 1.79. The van der Waals surface area contributed by atoms with Crippen LogP contribution in [0.5, 0.6) is 5.75 Å². The zero-order valence-corrected chi connectivity index (χ0v) is 30.0. The smallest absolute Gasteiger partial charge is 0.336 e. The van der Waals surface area contributed by atoms with E-state index < -0.39 is 25.9 Å². The first-order valence-electron chi connectivity index (χ1n) is 16.4. The first-order chi connectivity index (χ1) is 21.3. The number of carbonyl (C=O) groups excluding carboxylic acids is 3. The van der Waals surface area contributed by atoms with Crippen LogP contribution < -0.4 is 5.32 Å². The summed E-state index contributed by atoms with van der Waals surface area (Å²) in [4.78, 5) is 37.8. The highest BCUT2D eigenvalue weighted by Crippen LogP contribution is 2.63. The Labute approximate surface area is 275 Å². The predicted octanol–water partition coefficient (Wildman–Crippen LogP) is 6.93. The van der Waals surface area contributed by atoms with Gasteiger partial charge in [0.1, 0.15) is 24.6 Å². The fourth-order valence-corrected chi connectivity index (χ4v) is 8.80. The molecule has 1 aromatic carbocycles. The van der Waals surface area contributed by atoms with Crippen molar-refractivity contribution in [2.75, 3.05) is 18.5 Å². The lowest BCUT2D eigenvalue weighted by molar-refractivity contribution is -0.192. The number of carbonyl (C=O) groups is 3. The molecule has 2 fully saturated rings. The monoisotopic (exact) mass is 655 g/mol. The number of rotatable bonds is 10. The van der Waals surface area contributed by atoms with Gasteiger partial charge in [-0.25, -0.2) is 4.79 Å². The van der Waals surface area contributed by atoms with E-state index in [0.29, 0.717) is 31.4 Å². The zero-order chi connectivity index (χ0) is 34.2. The minimum atomic E-state index is -2.19. The van der Waals surface area contributed by atoms with Crippen molar-refractivity contribution >= 4 is 31.9 Å². The Morgan fingerprint density at radius 3 is 2.30 bits per heavy atom. The number of anilines is 1. The van der Waals surface area contributed by atoms with Gasteiger partial charge in [0, 0.05) is 31.6 Å². The first-order valence-corrected chi connectivity index (χ1v) is 19.3. The molecule has 9 nitrogen and oxygen atoms in total. The number of aromatic hydroxyl groups is 1. The molecule has 1 aliphatic heterocycles. The molecule has 0 spiro atoms. The molecule has 46 heavy (non-hydrogen) atoms. The third kappa shape index (κ3) is 7.22. The Bertz CT molecular complexity index is 1360. The fourth-order valence-electron chi connectivity index (χ4n) is 7.69. The number of phenolic OH excluding ortho intramolecular Hbond substituents is 1. The molecule has 10 heteroatoms. The fraction of sp³-hybridized carbons (Fsp3) is 0.639. The third-order valence-electron chi connectivity index (χ3n) is 11.4. The van der Waals surface area contributed by atoms with Crippen LogP contribution >= 0.6 is 0 Å². The van der Waals surface area contributed by atoms with Gasteiger partial charge in [-0.15, -0.1) is 0 Å². The Hall–Kier alpha value is -3.11. The number of benzene rings is 1. The van der Waals surface area contributed by atoms with E-state index in [2.05, 4.69) is 59.6 Å². The van der Waals surface area contributed by atoms with Gasteiger partial charge in [0.05, 0.1) is 11.6 Å². The molecular weight excluding hydrogens is 602 g/mol. The maximum Gasteiger partial charge on any atom is 0.336 e. The molecule has 2 N–H and O–H groups in total. The third-order valence-corrected chi connectivity index (χ3v) is 15.8. The molecule has 4 rings (SSSR count). The molecule has 254 valence electrons. The molecule has 0 saturated heterocycles. The average Bonchev–Trinajstić information content (AvgIpc) is 3.38. The van der Waals surface area contributed by atoms with E-state index in [-0.39, 0.29) is 58.7 Å². The molecule has 0 unspecified atom stereocenters. The summed E-state index contributed by atoms with van der Waals surface area (Å²) in [7, 11) is -2.19. The van der Waals surface area contributed by atoms with Crippen molar-refractivity contribution in [2.24, 2.45) is 22.7 Å². The normalized spacial score (nSPS) is 30.5. The van der Waals surface area contributed by atoms with Gasteiger partial charge < -0.3 is 29.1 Å². The molecule has 7 atom stereocenters. The van der Waals surface area contributed by atoms with Gasteiger partial charge in [-0.1, -0.05) is 41.2 Å². The van der Waals surface area contributed by atoms with Crippen LogP contribution in [0.1, 0.15) is 74.1 Å². The highest BCUT2D eigenvalue weighted by atomic mass is 28.4. The Morgan fingerprint density at radius 1 is 1.13 bits per heavy atom. The molecule has 1 heterocycles. The van der Waals surface area contributed by atoms with Gasteiger partial charge in [0.15, 0.2) is 8.32 Å². The van der Waals surface area contributed by atoms with E-state index in [1.807, 2.05) is 6.08 Å². The number of ether oxygens (including phenoxy) is 3. The van der Waals surface area contributed by atoms with Crippen molar-refractivity contribution < 1.29 is 38.1 Å².